The highest BCUT2D eigenvalue weighted by atomic mass is 32.2. The van der Waals surface area contributed by atoms with Gasteiger partial charge in [-0.15, -0.1) is 13.2 Å². The molecule has 6 heterocycles. The number of hydrogen-bond acceptors (Lipinski definition) is 9. The molecule has 0 aromatic carbocycles. The molecule has 3 aromatic heterocycles. The Bertz CT molecular complexity index is 1410. The van der Waals surface area contributed by atoms with Gasteiger partial charge in [0.05, 0.1) is 11.8 Å². The van der Waals surface area contributed by atoms with Gasteiger partial charge in [0, 0.05) is 69.6 Å². The van der Waals surface area contributed by atoms with E-state index in [1.165, 1.54) is 36.6 Å². The molecule has 3 aliphatic rings. The zero-order chi connectivity index (χ0) is 29.3. The Hall–Kier alpha value is -3.55. The lowest BCUT2D eigenvalue weighted by molar-refractivity contribution is -0.274. The van der Waals surface area contributed by atoms with Crippen LogP contribution in [0.2, 0.25) is 0 Å². The van der Waals surface area contributed by atoms with Crippen LogP contribution in [0, 0.1) is 11.3 Å². The second-order valence-electron chi connectivity index (χ2n) is 11.4. The summed E-state index contributed by atoms with van der Waals surface area (Å²) in [5, 5.41) is 7.61. The van der Waals surface area contributed by atoms with Crippen LogP contribution in [0.15, 0.2) is 36.8 Å². The van der Waals surface area contributed by atoms with Gasteiger partial charge in [-0.3, -0.25) is 9.48 Å². The molecule has 1 spiro atoms. The number of carbonyl (C=O) groups is 1. The maximum Gasteiger partial charge on any atom is 0.573 e. The minimum absolute atomic E-state index is 0.110. The van der Waals surface area contributed by atoms with Gasteiger partial charge in [-0.05, 0) is 49.2 Å². The van der Waals surface area contributed by atoms with E-state index in [9.17, 15) is 18.0 Å². The molecule has 0 radical (unpaired) electrons. The van der Waals surface area contributed by atoms with Crippen LogP contribution in [0.1, 0.15) is 32.6 Å². The van der Waals surface area contributed by atoms with Crippen molar-refractivity contribution in [1.82, 2.24) is 29.6 Å². The van der Waals surface area contributed by atoms with E-state index in [-0.39, 0.29) is 22.9 Å². The molecule has 1 N–H and O–H groups in total. The van der Waals surface area contributed by atoms with Crippen LogP contribution in [-0.4, -0.2) is 79.6 Å². The van der Waals surface area contributed by atoms with E-state index < -0.39 is 6.36 Å². The third kappa shape index (κ3) is 6.74. The maximum absolute atomic E-state index is 12.8. The van der Waals surface area contributed by atoms with Crippen LogP contribution >= 0.6 is 11.8 Å². The second kappa shape index (κ2) is 11.6. The first-order valence-corrected chi connectivity index (χ1v) is 15.3. The molecule has 0 saturated carbocycles. The third-order valence-electron chi connectivity index (χ3n) is 8.26. The number of pyridine rings is 1. The molecule has 10 nitrogen and oxygen atoms in total. The lowest BCUT2D eigenvalue weighted by Crippen LogP contribution is -2.61. The number of nitrogens with one attached hydrogen (secondary N) is 1. The summed E-state index contributed by atoms with van der Waals surface area (Å²) in [5.74, 6) is 4.41. The first kappa shape index (κ1) is 28.6. The molecule has 42 heavy (non-hydrogen) atoms. The summed E-state index contributed by atoms with van der Waals surface area (Å²) in [6.07, 6.45) is 4.37. The largest absolute Gasteiger partial charge is 0.573 e. The van der Waals surface area contributed by atoms with Gasteiger partial charge in [0.15, 0.2) is 5.82 Å². The molecule has 0 atom stereocenters. The first-order valence-electron chi connectivity index (χ1n) is 14.1. The van der Waals surface area contributed by atoms with E-state index in [0.717, 1.165) is 57.2 Å². The number of anilines is 3. The molecule has 1 amide bonds. The summed E-state index contributed by atoms with van der Waals surface area (Å²) in [7, 11) is 0. The maximum atomic E-state index is 12.8. The number of ether oxygens (including phenoxy) is 1. The standard InChI is InChI=1S/C28H33F3N8O2S/c1-19(40)37-8-5-27(6-9-37)17-38(18-27)25-13-24(34-23-12-22(2-7-32-23)41-28(29,30)31)35-26(36-25)21-14-33-39(16-21)15-20-3-10-42-11-4-20/h2,7,12-14,16,20H,3-6,8-11,15,17-18H2,1H3,(H,32,34,35,36). The van der Waals surface area contributed by atoms with E-state index in [0.29, 0.717) is 23.4 Å². The van der Waals surface area contributed by atoms with E-state index in [1.54, 1.807) is 19.2 Å². The number of amides is 1. The number of likely N-dealkylation sites (tertiary alicyclic amines) is 1. The van der Waals surface area contributed by atoms with Crippen LogP contribution in [0.4, 0.5) is 30.6 Å². The summed E-state index contributed by atoms with van der Waals surface area (Å²) < 4.78 is 44.3. The summed E-state index contributed by atoms with van der Waals surface area (Å²) in [6, 6.07) is 4.10. The van der Waals surface area contributed by atoms with Crippen molar-refractivity contribution in [2.24, 2.45) is 11.3 Å². The molecule has 3 fully saturated rings. The highest BCUT2D eigenvalue weighted by Crippen LogP contribution is 2.43. The molecule has 3 saturated heterocycles. The lowest BCUT2D eigenvalue weighted by atomic mass is 9.72. The summed E-state index contributed by atoms with van der Waals surface area (Å²) in [4.78, 5) is 29.6. The van der Waals surface area contributed by atoms with E-state index in [2.05, 4.69) is 30.0 Å². The first-order chi connectivity index (χ1) is 20.1. The van der Waals surface area contributed by atoms with Crippen molar-refractivity contribution >= 4 is 35.1 Å². The fourth-order valence-electron chi connectivity index (χ4n) is 5.91. The molecule has 0 aliphatic carbocycles. The van der Waals surface area contributed by atoms with Crippen molar-refractivity contribution in [3.63, 3.8) is 0 Å². The van der Waals surface area contributed by atoms with E-state index >= 15 is 0 Å². The number of nitrogens with zero attached hydrogens (tertiary/aromatic N) is 7. The minimum atomic E-state index is -4.81. The normalized spacial score (nSPS) is 19.0. The fraction of sp³-hybridized carbons (Fsp3) is 0.536. The van der Waals surface area contributed by atoms with Gasteiger partial charge in [0.1, 0.15) is 23.2 Å². The highest BCUT2D eigenvalue weighted by Gasteiger charge is 2.46. The third-order valence-corrected chi connectivity index (χ3v) is 9.31. The van der Waals surface area contributed by atoms with Crippen molar-refractivity contribution in [2.45, 2.75) is 45.5 Å². The van der Waals surface area contributed by atoms with Gasteiger partial charge in [-0.25, -0.2) is 15.0 Å². The van der Waals surface area contributed by atoms with Crippen molar-refractivity contribution < 1.29 is 22.7 Å². The molecule has 0 unspecified atom stereocenters. The van der Waals surface area contributed by atoms with Crippen molar-refractivity contribution in [2.75, 3.05) is 47.9 Å². The number of hydrogen-bond donors (Lipinski definition) is 1. The van der Waals surface area contributed by atoms with Gasteiger partial charge in [-0.1, -0.05) is 0 Å². The molecule has 224 valence electrons. The van der Waals surface area contributed by atoms with E-state index in [4.69, 9.17) is 4.98 Å². The van der Waals surface area contributed by atoms with Crippen LogP contribution in [0.3, 0.4) is 0 Å². The SMILES string of the molecule is CC(=O)N1CCC2(CC1)CN(c1cc(Nc3cc(OC(F)(F)F)ccn3)nc(-c3cnn(CC4CCSCC4)c3)n1)C2. The Balaban J connectivity index is 1.23. The number of alkyl halides is 3. The molecular formula is C28H33F3N8O2S. The monoisotopic (exact) mass is 602 g/mol. The Labute approximate surface area is 246 Å². The summed E-state index contributed by atoms with van der Waals surface area (Å²) >= 11 is 1.99. The fourth-order valence-corrected chi connectivity index (χ4v) is 7.11. The molecule has 6 rings (SSSR count). The smallest absolute Gasteiger partial charge is 0.406 e. The van der Waals surface area contributed by atoms with Crippen molar-refractivity contribution in [3.05, 3.63) is 36.8 Å². The Kier molecular flexibility index (Phi) is 7.90. The van der Waals surface area contributed by atoms with Gasteiger partial charge in [-0.2, -0.15) is 16.9 Å². The Morgan fingerprint density at radius 2 is 1.90 bits per heavy atom. The Morgan fingerprint density at radius 1 is 1.14 bits per heavy atom. The Morgan fingerprint density at radius 3 is 2.62 bits per heavy atom. The lowest BCUT2D eigenvalue weighted by Gasteiger charge is -2.54. The number of halogens is 3. The average Bonchev–Trinajstić information content (AvgIpc) is 3.40. The number of aromatic nitrogens is 5. The average molecular weight is 603 g/mol. The molecule has 14 heteroatoms. The predicted octanol–water partition coefficient (Wildman–Crippen LogP) is 4.97. The van der Waals surface area contributed by atoms with Gasteiger partial charge < -0.3 is 19.9 Å². The number of piperidine rings is 1. The molecule has 3 aliphatic heterocycles. The molecular weight excluding hydrogens is 569 g/mol. The number of carbonyl (C=O) groups excluding carboxylic acids is 1. The van der Waals surface area contributed by atoms with Crippen LogP contribution in [-0.2, 0) is 11.3 Å². The van der Waals surface area contributed by atoms with Gasteiger partial charge in [0.2, 0.25) is 5.91 Å². The summed E-state index contributed by atoms with van der Waals surface area (Å²) in [5.41, 5.74) is 0.899. The van der Waals surface area contributed by atoms with Gasteiger partial charge >= 0.3 is 6.36 Å². The number of rotatable bonds is 7. The van der Waals surface area contributed by atoms with Crippen molar-refractivity contribution in [1.29, 1.82) is 0 Å². The van der Waals surface area contributed by atoms with Crippen LogP contribution in [0.25, 0.3) is 11.4 Å². The minimum Gasteiger partial charge on any atom is -0.406 e. The van der Waals surface area contributed by atoms with Crippen LogP contribution < -0.4 is 15.0 Å². The number of thioether (sulfide) groups is 1. The summed E-state index contributed by atoms with van der Waals surface area (Å²) in [6.45, 7) is 5.57. The van der Waals surface area contributed by atoms with Crippen LogP contribution in [0.5, 0.6) is 5.75 Å². The topological polar surface area (TPSA) is 101 Å². The second-order valence-corrected chi connectivity index (χ2v) is 12.6. The van der Waals surface area contributed by atoms with E-state index in [1.807, 2.05) is 27.5 Å². The zero-order valence-corrected chi connectivity index (χ0v) is 24.1. The predicted molar refractivity (Wildman–Crippen MR) is 154 cm³/mol. The quantitative estimate of drug-likeness (QED) is 0.402. The van der Waals surface area contributed by atoms with Crippen molar-refractivity contribution in [3.8, 4) is 17.1 Å². The molecule has 0 bridgehead atoms. The zero-order valence-electron chi connectivity index (χ0n) is 23.3. The molecule has 3 aromatic rings. The van der Waals surface area contributed by atoms with Gasteiger partial charge in [0.25, 0.3) is 0 Å². The highest BCUT2D eigenvalue weighted by molar-refractivity contribution is 7.99.